The summed E-state index contributed by atoms with van der Waals surface area (Å²) in [6.45, 7) is 0. The van der Waals surface area contributed by atoms with Gasteiger partial charge >= 0.3 is 0 Å². The zero-order valence-corrected chi connectivity index (χ0v) is 14.9. The van der Waals surface area contributed by atoms with Crippen molar-refractivity contribution in [3.8, 4) is 17.2 Å². The Morgan fingerprint density at radius 3 is 2.31 bits per heavy atom. The number of carbonyl (C=O) groups is 1. The summed E-state index contributed by atoms with van der Waals surface area (Å²) < 4.78 is 25.4. The number of ether oxygens (including phenoxy) is 2. The first-order chi connectivity index (χ1) is 12.5. The Morgan fingerprint density at radius 2 is 1.73 bits per heavy atom. The SMILES string of the molecule is COc1cc(NC(=O)c2c[nH]c(=S)n2-c2ccc(F)cc2)cc(OC)c1. The molecule has 1 amide bonds. The van der Waals surface area contributed by atoms with Crippen molar-refractivity contribution in [1.82, 2.24) is 9.55 Å². The molecule has 1 heterocycles. The predicted molar refractivity (Wildman–Crippen MR) is 98.4 cm³/mol. The molecule has 0 aliphatic heterocycles. The number of aromatic nitrogens is 2. The average molecular weight is 373 g/mol. The number of hydrogen-bond donors (Lipinski definition) is 2. The molecule has 0 bridgehead atoms. The highest BCUT2D eigenvalue weighted by atomic mass is 32.1. The number of anilines is 1. The summed E-state index contributed by atoms with van der Waals surface area (Å²) in [5.41, 5.74) is 1.36. The second kappa shape index (κ2) is 7.40. The molecule has 0 fully saturated rings. The van der Waals surface area contributed by atoms with Gasteiger partial charge in [-0.15, -0.1) is 0 Å². The molecule has 3 rings (SSSR count). The molecule has 0 saturated carbocycles. The second-order valence-electron chi connectivity index (χ2n) is 5.35. The number of amides is 1. The standard InChI is InChI=1S/C18H16FN3O3S/c1-24-14-7-12(8-15(9-14)25-2)21-17(23)16-10-20-18(26)22(16)13-5-3-11(19)4-6-13/h3-10H,1-2H3,(H,20,26)(H,21,23). The van der Waals surface area contributed by atoms with Crippen molar-refractivity contribution in [3.63, 3.8) is 0 Å². The Bertz CT molecular complexity index is 973. The summed E-state index contributed by atoms with van der Waals surface area (Å²) in [6, 6.07) is 10.7. The Morgan fingerprint density at radius 1 is 1.12 bits per heavy atom. The third-order valence-electron chi connectivity index (χ3n) is 3.70. The smallest absolute Gasteiger partial charge is 0.274 e. The van der Waals surface area contributed by atoms with E-state index < -0.39 is 5.91 Å². The Labute approximate surface area is 154 Å². The maximum atomic E-state index is 13.2. The van der Waals surface area contributed by atoms with Crippen LogP contribution in [0.15, 0.2) is 48.7 Å². The number of rotatable bonds is 5. The van der Waals surface area contributed by atoms with Crippen LogP contribution in [0.4, 0.5) is 10.1 Å². The normalized spacial score (nSPS) is 10.4. The number of H-pyrrole nitrogens is 1. The van der Waals surface area contributed by atoms with E-state index in [9.17, 15) is 9.18 Å². The van der Waals surface area contributed by atoms with Gasteiger partial charge in [-0.1, -0.05) is 0 Å². The van der Waals surface area contributed by atoms with E-state index >= 15 is 0 Å². The van der Waals surface area contributed by atoms with E-state index in [2.05, 4.69) is 10.3 Å². The van der Waals surface area contributed by atoms with Gasteiger partial charge < -0.3 is 19.8 Å². The van der Waals surface area contributed by atoms with Crippen LogP contribution in [0.25, 0.3) is 5.69 Å². The van der Waals surface area contributed by atoms with Gasteiger partial charge in [0.1, 0.15) is 23.0 Å². The first-order valence-electron chi connectivity index (χ1n) is 7.62. The second-order valence-corrected chi connectivity index (χ2v) is 5.73. The number of nitrogens with one attached hydrogen (secondary N) is 2. The average Bonchev–Trinajstić information content (AvgIpc) is 3.03. The summed E-state index contributed by atoms with van der Waals surface area (Å²) in [7, 11) is 3.05. The van der Waals surface area contributed by atoms with Crippen LogP contribution >= 0.6 is 12.2 Å². The minimum atomic E-state index is -0.392. The lowest BCUT2D eigenvalue weighted by Crippen LogP contribution is -2.16. The molecule has 8 heteroatoms. The Balaban J connectivity index is 1.95. The summed E-state index contributed by atoms with van der Waals surface area (Å²) in [6.07, 6.45) is 1.50. The molecule has 0 atom stereocenters. The maximum Gasteiger partial charge on any atom is 0.274 e. The van der Waals surface area contributed by atoms with Gasteiger partial charge in [-0.3, -0.25) is 9.36 Å². The molecule has 2 aromatic carbocycles. The fraction of sp³-hybridized carbons (Fsp3) is 0.111. The summed E-state index contributed by atoms with van der Waals surface area (Å²) in [4.78, 5) is 15.6. The lowest BCUT2D eigenvalue weighted by molar-refractivity contribution is 0.102. The maximum absolute atomic E-state index is 13.2. The molecular weight excluding hydrogens is 357 g/mol. The van der Waals surface area contributed by atoms with Crippen molar-refractivity contribution in [1.29, 1.82) is 0 Å². The molecule has 26 heavy (non-hydrogen) atoms. The molecule has 0 aliphatic rings. The first kappa shape index (κ1) is 17.7. The monoisotopic (exact) mass is 373 g/mol. The van der Waals surface area contributed by atoms with Crippen molar-refractivity contribution in [2.24, 2.45) is 0 Å². The quantitative estimate of drug-likeness (QED) is 0.665. The molecule has 0 spiro atoms. The highest BCUT2D eigenvalue weighted by Gasteiger charge is 2.15. The number of benzene rings is 2. The zero-order chi connectivity index (χ0) is 18.7. The fourth-order valence-corrected chi connectivity index (χ4v) is 2.72. The molecule has 3 aromatic rings. The minimum absolute atomic E-state index is 0.281. The van der Waals surface area contributed by atoms with E-state index in [0.29, 0.717) is 27.6 Å². The van der Waals surface area contributed by atoms with E-state index in [1.807, 2.05) is 0 Å². The van der Waals surface area contributed by atoms with Crippen LogP contribution in [0.5, 0.6) is 11.5 Å². The molecule has 0 unspecified atom stereocenters. The molecule has 0 radical (unpaired) electrons. The van der Waals surface area contributed by atoms with Crippen LogP contribution in [0.2, 0.25) is 0 Å². The van der Waals surface area contributed by atoms with Crippen LogP contribution < -0.4 is 14.8 Å². The topological polar surface area (TPSA) is 68.3 Å². The van der Waals surface area contributed by atoms with Gasteiger partial charge in [0.25, 0.3) is 5.91 Å². The zero-order valence-electron chi connectivity index (χ0n) is 14.1. The number of hydrogen-bond acceptors (Lipinski definition) is 4. The molecule has 6 nitrogen and oxygen atoms in total. The first-order valence-corrected chi connectivity index (χ1v) is 8.03. The van der Waals surface area contributed by atoms with Gasteiger partial charge in [-0.05, 0) is 36.5 Å². The predicted octanol–water partition coefficient (Wildman–Crippen LogP) is 3.94. The number of carbonyl (C=O) groups excluding carboxylic acids is 1. The Kier molecular flexibility index (Phi) is 5.04. The lowest BCUT2D eigenvalue weighted by atomic mass is 10.2. The van der Waals surface area contributed by atoms with Crippen LogP contribution in [-0.2, 0) is 0 Å². The van der Waals surface area contributed by atoms with Crippen molar-refractivity contribution < 1.29 is 18.7 Å². The highest BCUT2D eigenvalue weighted by molar-refractivity contribution is 7.71. The summed E-state index contributed by atoms with van der Waals surface area (Å²) >= 11 is 5.24. The number of nitrogens with zero attached hydrogens (tertiary/aromatic N) is 1. The van der Waals surface area contributed by atoms with E-state index in [1.165, 1.54) is 37.1 Å². The molecule has 134 valence electrons. The third kappa shape index (κ3) is 3.60. The van der Waals surface area contributed by atoms with Gasteiger partial charge in [0.05, 0.1) is 14.2 Å². The van der Waals surface area contributed by atoms with Crippen molar-refractivity contribution >= 4 is 23.8 Å². The number of aromatic amines is 1. The van der Waals surface area contributed by atoms with Gasteiger partial charge in [-0.2, -0.15) is 0 Å². The van der Waals surface area contributed by atoms with Crippen LogP contribution in [-0.4, -0.2) is 29.7 Å². The van der Waals surface area contributed by atoms with E-state index in [1.54, 1.807) is 30.3 Å². The molecule has 0 aliphatic carbocycles. The van der Waals surface area contributed by atoms with Crippen molar-refractivity contribution in [2.45, 2.75) is 0 Å². The van der Waals surface area contributed by atoms with E-state index in [4.69, 9.17) is 21.7 Å². The number of halogens is 1. The van der Waals surface area contributed by atoms with Gasteiger partial charge in [0.2, 0.25) is 0 Å². The third-order valence-corrected chi connectivity index (χ3v) is 4.00. The van der Waals surface area contributed by atoms with E-state index in [0.717, 1.165) is 0 Å². The van der Waals surface area contributed by atoms with E-state index in [-0.39, 0.29) is 11.5 Å². The minimum Gasteiger partial charge on any atom is -0.497 e. The largest absolute Gasteiger partial charge is 0.497 e. The van der Waals surface area contributed by atoms with Gasteiger partial charge in [0.15, 0.2) is 4.77 Å². The summed E-state index contributed by atoms with van der Waals surface area (Å²) in [5, 5.41) is 2.78. The molecule has 1 aromatic heterocycles. The van der Waals surface area contributed by atoms with Crippen molar-refractivity contribution in [2.75, 3.05) is 19.5 Å². The summed E-state index contributed by atoms with van der Waals surface area (Å²) in [5.74, 6) is 0.329. The highest BCUT2D eigenvalue weighted by Crippen LogP contribution is 2.26. The van der Waals surface area contributed by atoms with Crippen molar-refractivity contribution in [3.05, 3.63) is 64.9 Å². The molecule has 2 N–H and O–H groups in total. The number of imidazole rings is 1. The van der Waals surface area contributed by atoms with Crippen LogP contribution in [0, 0.1) is 10.6 Å². The Hall–Kier alpha value is -3.13. The lowest BCUT2D eigenvalue weighted by Gasteiger charge is -2.11. The van der Waals surface area contributed by atoms with Crippen LogP contribution in [0.1, 0.15) is 10.5 Å². The fourth-order valence-electron chi connectivity index (χ4n) is 2.46. The van der Waals surface area contributed by atoms with Gasteiger partial charge in [-0.25, -0.2) is 4.39 Å². The molecular formula is C18H16FN3O3S. The molecule has 0 saturated heterocycles. The van der Waals surface area contributed by atoms with Crippen LogP contribution in [0.3, 0.4) is 0 Å². The van der Waals surface area contributed by atoms with Gasteiger partial charge in [0, 0.05) is 35.8 Å². The number of methoxy groups -OCH3 is 2.